The minimum absolute atomic E-state index is 0.427. The molecule has 0 N–H and O–H groups in total. The second-order valence-corrected chi connectivity index (χ2v) is 1.98. The van der Waals surface area contributed by atoms with Crippen LogP contribution in [-0.4, -0.2) is 12.6 Å². The first-order valence-corrected chi connectivity index (χ1v) is 3.35. The van der Waals surface area contributed by atoms with Crippen LogP contribution in [0.25, 0.3) is 0 Å². The summed E-state index contributed by atoms with van der Waals surface area (Å²) in [6.07, 6.45) is 7.16. The number of hydrogen-bond acceptors (Lipinski definition) is 2. The maximum atomic E-state index is 10.2. The lowest BCUT2D eigenvalue weighted by molar-refractivity contribution is -0.105. The molecule has 0 aromatic carbocycles. The van der Waals surface area contributed by atoms with Crippen LogP contribution in [0.15, 0.2) is 48.6 Å². The van der Waals surface area contributed by atoms with Crippen molar-refractivity contribution < 1.29 is 9.59 Å². The van der Waals surface area contributed by atoms with Gasteiger partial charge in [-0.2, -0.15) is 0 Å². The maximum Gasteiger partial charge on any atom is 0.150 e. The van der Waals surface area contributed by atoms with Gasteiger partial charge in [-0.1, -0.05) is 37.5 Å². The fourth-order valence-electron chi connectivity index (χ4n) is 0.503. The summed E-state index contributed by atoms with van der Waals surface area (Å²) in [5, 5.41) is 0. The molecule has 0 aliphatic rings. The zero-order valence-corrected chi connectivity index (χ0v) is 6.69. The summed E-state index contributed by atoms with van der Waals surface area (Å²) in [6, 6.07) is 0. The van der Waals surface area contributed by atoms with Crippen LogP contribution in [0, 0.1) is 0 Å². The first-order valence-electron chi connectivity index (χ1n) is 3.35. The van der Waals surface area contributed by atoms with Crippen LogP contribution >= 0.6 is 0 Å². The standard InChI is InChI=1S/C10H10O2/c1-3-9(7-11)5-6-10(4-2)8-12/h3-8H,1-2H2/b9-5+,10-6+. The second-order valence-electron chi connectivity index (χ2n) is 1.98. The van der Waals surface area contributed by atoms with Gasteiger partial charge in [-0.25, -0.2) is 0 Å². The van der Waals surface area contributed by atoms with Crippen molar-refractivity contribution >= 4 is 12.6 Å². The van der Waals surface area contributed by atoms with Gasteiger partial charge in [0.05, 0.1) is 0 Å². The van der Waals surface area contributed by atoms with Gasteiger partial charge in [-0.3, -0.25) is 9.59 Å². The molecule has 0 aromatic heterocycles. The highest BCUT2D eigenvalue weighted by Gasteiger charge is 1.86. The summed E-state index contributed by atoms with van der Waals surface area (Å²) in [4.78, 5) is 20.5. The van der Waals surface area contributed by atoms with Crippen LogP contribution in [0.4, 0.5) is 0 Å². The molecule has 0 spiro atoms. The summed E-state index contributed by atoms with van der Waals surface area (Å²) >= 11 is 0. The third-order valence-electron chi connectivity index (χ3n) is 1.21. The van der Waals surface area contributed by atoms with Crippen LogP contribution in [0.3, 0.4) is 0 Å². The molecule has 0 aromatic rings. The van der Waals surface area contributed by atoms with Gasteiger partial charge in [-0.05, 0) is 0 Å². The van der Waals surface area contributed by atoms with E-state index >= 15 is 0 Å². The number of allylic oxidation sites excluding steroid dienone is 6. The molecular formula is C10H10O2. The lowest BCUT2D eigenvalue weighted by atomic mass is 10.2. The van der Waals surface area contributed by atoms with Crippen molar-refractivity contribution in [2.24, 2.45) is 0 Å². The number of aldehydes is 2. The van der Waals surface area contributed by atoms with E-state index in [0.29, 0.717) is 23.7 Å². The van der Waals surface area contributed by atoms with Gasteiger partial charge in [0, 0.05) is 11.1 Å². The van der Waals surface area contributed by atoms with E-state index in [1.165, 1.54) is 24.3 Å². The Balaban J connectivity index is 4.62. The van der Waals surface area contributed by atoms with E-state index in [1.807, 2.05) is 0 Å². The molecule has 0 radical (unpaired) electrons. The average Bonchev–Trinajstić information content (AvgIpc) is 2.13. The number of rotatable bonds is 5. The Morgan fingerprint density at radius 2 is 1.17 bits per heavy atom. The molecule has 0 saturated heterocycles. The highest BCUT2D eigenvalue weighted by molar-refractivity contribution is 5.81. The molecule has 0 heterocycles. The van der Waals surface area contributed by atoms with Crippen molar-refractivity contribution in [1.82, 2.24) is 0 Å². The lowest BCUT2D eigenvalue weighted by Gasteiger charge is -1.86. The van der Waals surface area contributed by atoms with Crippen molar-refractivity contribution in [2.45, 2.75) is 0 Å². The van der Waals surface area contributed by atoms with E-state index in [2.05, 4.69) is 13.2 Å². The first-order chi connectivity index (χ1) is 5.78. The molecule has 0 aliphatic carbocycles. The average molecular weight is 162 g/mol. The molecule has 0 amide bonds. The molecule has 0 unspecified atom stereocenters. The number of carbonyl (C=O) groups excluding carboxylic acids is 2. The molecule has 0 aliphatic heterocycles. The molecule has 2 heteroatoms. The fraction of sp³-hybridized carbons (Fsp3) is 0. The van der Waals surface area contributed by atoms with Gasteiger partial charge in [0.1, 0.15) is 12.6 Å². The quantitative estimate of drug-likeness (QED) is 0.349. The van der Waals surface area contributed by atoms with Crippen molar-refractivity contribution in [2.75, 3.05) is 0 Å². The maximum absolute atomic E-state index is 10.2. The third kappa shape index (κ3) is 3.46. The van der Waals surface area contributed by atoms with Crippen molar-refractivity contribution in [1.29, 1.82) is 0 Å². The van der Waals surface area contributed by atoms with Crippen LogP contribution in [0.1, 0.15) is 0 Å². The second kappa shape index (κ2) is 6.04. The molecule has 12 heavy (non-hydrogen) atoms. The zero-order chi connectivity index (χ0) is 9.40. The van der Waals surface area contributed by atoms with Gasteiger partial charge >= 0.3 is 0 Å². The van der Waals surface area contributed by atoms with Gasteiger partial charge in [0.25, 0.3) is 0 Å². The zero-order valence-electron chi connectivity index (χ0n) is 6.69. The van der Waals surface area contributed by atoms with Crippen LogP contribution in [0.5, 0.6) is 0 Å². The normalized spacial score (nSPS) is 12.0. The summed E-state index contributed by atoms with van der Waals surface area (Å²) in [5.74, 6) is 0. The van der Waals surface area contributed by atoms with Crippen LogP contribution in [-0.2, 0) is 9.59 Å². The predicted octanol–water partition coefficient (Wildman–Crippen LogP) is 1.61. The molecule has 62 valence electrons. The lowest BCUT2D eigenvalue weighted by Crippen LogP contribution is -1.79. The Morgan fingerprint density at radius 3 is 1.33 bits per heavy atom. The summed E-state index contributed by atoms with van der Waals surface area (Å²) in [7, 11) is 0. The van der Waals surface area contributed by atoms with Crippen LogP contribution in [0.2, 0.25) is 0 Å². The number of carbonyl (C=O) groups is 2. The summed E-state index contributed by atoms with van der Waals surface area (Å²) < 4.78 is 0. The van der Waals surface area contributed by atoms with Gasteiger partial charge in [0.2, 0.25) is 0 Å². The molecule has 0 saturated carbocycles. The van der Waals surface area contributed by atoms with E-state index in [1.54, 1.807) is 0 Å². The van der Waals surface area contributed by atoms with Crippen LogP contribution < -0.4 is 0 Å². The van der Waals surface area contributed by atoms with Crippen molar-refractivity contribution in [3.8, 4) is 0 Å². The highest BCUT2D eigenvalue weighted by atomic mass is 16.1. The largest absolute Gasteiger partial charge is 0.298 e. The Kier molecular flexibility index (Phi) is 5.18. The Hall–Kier alpha value is -1.70. The molecule has 0 atom stereocenters. The smallest absolute Gasteiger partial charge is 0.150 e. The Bertz CT molecular complexity index is 209. The summed E-state index contributed by atoms with van der Waals surface area (Å²) in [6.45, 7) is 6.84. The molecule has 0 bridgehead atoms. The topological polar surface area (TPSA) is 34.1 Å². The first kappa shape index (κ1) is 10.3. The van der Waals surface area contributed by atoms with E-state index in [-0.39, 0.29) is 0 Å². The SMILES string of the molecule is C=C/C(C=O)=C\C=C(/C=C)C=O. The van der Waals surface area contributed by atoms with Gasteiger partial charge in [0.15, 0.2) is 0 Å². The predicted molar refractivity (Wildman–Crippen MR) is 48.7 cm³/mol. The highest BCUT2D eigenvalue weighted by Crippen LogP contribution is 1.95. The van der Waals surface area contributed by atoms with E-state index in [0.717, 1.165) is 0 Å². The van der Waals surface area contributed by atoms with Crippen molar-refractivity contribution in [3.05, 3.63) is 48.6 Å². The van der Waals surface area contributed by atoms with Gasteiger partial charge in [-0.15, -0.1) is 0 Å². The third-order valence-corrected chi connectivity index (χ3v) is 1.21. The van der Waals surface area contributed by atoms with E-state index in [9.17, 15) is 9.59 Å². The van der Waals surface area contributed by atoms with E-state index < -0.39 is 0 Å². The minimum atomic E-state index is 0.427. The summed E-state index contributed by atoms with van der Waals surface area (Å²) in [5.41, 5.74) is 0.854. The Morgan fingerprint density at radius 1 is 0.833 bits per heavy atom. The Labute approximate surface area is 71.6 Å². The minimum Gasteiger partial charge on any atom is -0.298 e. The monoisotopic (exact) mass is 162 g/mol. The molecular weight excluding hydrogens is 152 g/mol. The number of hydrogen-bond donors (Lipinski definition) is 0. The molecule has 2 nitrogen and oxygen atoms in total. The van der Waals surface area contributed by atoms with E-state index in [4.69, 9.17) is 0 Å². The molecule has 0 fully saturated rings. The molecule has 0 rings (SSSR count). The van der Waals surface area contributed by atoms with Gasteiger partial charge < -0.3 is 0 Å². The van der Waals surface area contributed by atoms with Crippen molar-refractivity contribution in [3.63, 3.8) is 0 Å². The fourth-order valence-corrected chi connectivity index (χ4v) is 0.503.